The van der Waals surface area contributed by atoms with Crippen LogP contribution in [-0.2, 0) is 31.5 Å². The van der Waals surface area contributed by atoms with Crippen molar-refractivity contribution in [3.8, 4) is 0 Å². The second kappa shape index (κ2) is 12.5. The number of fused-ring (bicyclic) bond motifs is 3. The number of esters is 1. The summed E-state index contributed by atoms with van der Waals surface area (Å²) in [4.78, 5) is 35.2. The molecule has 1 N–H and O–H groups in total. The number of carbonyl (C=O) groups is 2. The molecule has 1 amide bonds. The SMILES string of the molecule is CC(C)OC(=O)C1=CN(C(=O)c2cccc(CN3CCN(S(=O)(=O)c4ccccc4)CC3)c2)CC(C)(C)c2c1[nH]c1ccccc21. The smallest absolute Gasteiger partial charge is 0.342 e. The molecule has 2 aliphatic heterocycles. The summed E-state index contributed by atoms with van der Waals surface area (Å²) in [7, 11) is -3.53. The van der Waals surface area contributed by atoms with E-state index in [0.717, 1.165) is 22.0 Å². The summed E-state index contributed by atoms with van der Waals surface area (Å²) in [6.07, 6.45) is 1.31. The highest BCUT2D eigenvalue weighted by atomic mass is 32.2. The van der Waals surface area contributed by atoms with E-state index in [1.807, 2.05) is 56.3 Å². The zero-order valence-corrected chi connectivity index (χ0v) is 27.5. The van der Waals surface area contributed by atoms with Gasteiger partial charge in [0.2, 0.25) is 10.0 Å². The number of carbonyl (C=O) groups excluding carboxylic acids is 2. The zero-order valence-electron chi connectivity index (χ0n) is 26.7. The van der Waals surface area contributed by atoms with Gasteiger partial charge < -0.3 is 14.6 Å². The molecule has 9 nitrogen and oxygen atoms in total. The van der Waals surface area contributed by atoms with E-state index in [1.54, 1.807) is 47.5 Å². The first-order valence-electron chi connectivity index (χ1n) is 15.7. The van der Waals surface area contributed by atoms with Gasteiger partial charge in [-0.2, -0.15) is 4.31 Å². The molecule has 2 aliphatic rings. The van der Waals surface area contributed by atoms with Crippen LogP contribution in [0.5, 0.6) is 0 Å². The third-order valence-electron chi connectivity index (χ3n) is 8.62. The van der Waals surface area contributed by atoms with E-state index in [2.05, 4.69) is 23.7 Å². The molecule has 0 saturated carbocycles. The number of hydrogen-bond donors (Lipinski definition) is 1. The van der Waals surface area contributed by atoms with Gasteiger partial charge in [-0.15, -0.1) is 0 Å². The van der Waals surface area contributed by atoms with Crippen LogP contribution in [0.15, 0.2) is 90.0 Å². The van der Waals surface area contributed by atoms with Gasteiger partial charge in [0.15, 0.2) is 0 Å². The first-order valence-corrected chi connectivity index (χ1v) is 17.1. The molecule has 3 aromatic carbocycles. The topological polar surface area (TPSA) is 103 Å². The quantitative estimate of drug-likeness (QED) is 0.272. The normalized spacial score (nSPS) is 17.4. The predicted molar refractivity (Wildman–Crippen MR) is 178 cm³/mol. The first-order chi connectivity index (χ1) is 21.9. The summed E-state index contributed by atoms with van der Waals surface area (Å²) in [5.74, 6) is -0.696. The molecule has 0 atom stereocenters. The maximum Gasteiger partial charge on any atom is 0.342 e. The monoisotopic (exact) mass is 640 g/mol. The van der Waals surface area contributed by atoms with Gasteiger partial charge in [-0.3, -0.25) is 9.69 Å². The average Bonchev–Trinajstić information content (AvgIpc) is 3.38. The molecule has 4 aromatic rings. The van der Waals surface area contributed by atoms with E-state index < -0.39 is 21.4 Å². The molecule has 240 valence electrons. The molecule has 46 heavy (non-hydrogen) atoms. The van der Waals surface area contributed by atoms with E-state index in [1.165, 1.54) is 4.31 Å². The maximum atomic E-state index is 14.1. The van der Waals surface area contributed by atoms with Crippen LogP contribution in [0.4, 0.5) is 0 Å². The number of ether oxygens (including phenoxy) is 1. The lowest BCUT2D eigenvalue weighted by Crippen LogP contribution is -2.48. The molecule has 0 radical (unpaired) electrons. The second-order valence-corrected chi connectivity index (χ2v) is 14.9. The van der Waals surface area contributed by atoms with Gasteiger partial charge in [-0.05, 0) is 55.3 Å². The van der Waals surface area contributed by atoms with Crippen LogP contribution in [0.25, 0.3) is 16.5 Å². The van der Waals surface area contributed by atoms with Crippen molar-refractivity contribution in [2.75, 3.05) is 32.7 Å². The fourth-order valence-corrected chi connectivity index (χ4v) is 7.92. The van der Waals surface area contributed by atoms with Gasteiger partial charge >= 0.3 is 5.97 Å². The zero-order chi connectivity index (χ0) is 32.6. The minimum atomic E-state index is -3.53. The van der Waals surface area contributed by atoms with Crippen LogP contribution in [0.3, 0.4) is 0 Å². The van der Waals surface area contributed by atoms with Crippen molar-refractivity contribution >= 4 is 38.4 Å². The minimum absolute atomic E-state index is 0.210. The summed E-state index contributed by atoms with van der Waals surface area (Å²) in [6, 6.07) is 24.0. The van der Waals surface area contributed by atoms with Crippen LogP contribution in [0.1, 0.15) is 54.9 Å². The molecular formula is C36H40N4O5S. The third-order valence-corrected chi connectivity index (χ3v) is 10.5. The van der Waals surface area contributed by atoms with Gasteiger partial charge in [0.1, 0.15) is 0 Å². The van der Waals surface area contributed by atoms with E-state index >= 15 is 0 Å². The van der Waals surface area contributed by atoms with Gasteiger partial charge in [-0.25, -0.2) is 13.2 Å². The number of sulfonamides is 1. The van der Waals surface area contributed by atoms with Gasteiger partial charge in [0.25, 0.3) is 5.91 Å². The molecule has 1 saturated heterocycles. The highest BCUT2D eigenvalue weighted by Gasteiger charge is 2.38. The summed E-state index contributed by atoms with van der Waals surface area (Å²) in [5, 5.41) is 1.01. The maximum absolute atomic E-state index is 14.1. The molecule has 10 heteroatoms. The first kappa shape index (κ1) is 31.7. The Hall–Kier alpha value is -4.25. The van der Waals surface area contributed by atoms with E-state index in [9.17, 15) is 18.0 Å². The Morgan fingerprint density at radius 2 is 1.61 bits per heavy atom. The number of piperazine rings is 1. The Morgan fingerprint density at radius 3 is 2.33 bits per heavy atom. The molecule has 3 heterocycles. The number of nitrogens with one attached hydrogen (secondary N) is 1. The van der Waals surface area contributed by atoms with Crippen LogP contribution in [0, 0.1) is 0 Å². The molecule has 0 aliphatic carbocycles. The highest BCUT2D eigenvalue weighted by molar-refractivity contribution is 7.89. The van der Waals surface area contributed by atoms with Crippen molar-refractivity contribution in [2.45, 2.75) is 50.7 Å². The lowest BCUT2D eigenvalue weighted by molar-refractivity contribution is -0.140. The Morgan fingerprint density at radius 1 is 0.913 bits per heavy atom. The Bertz CT molecular complexity index is 1900. The number of H-pyrrole nitrogens is 1. The van der Waals surface area contributed by atoms with E-state index in [0.29, 0.717) is 61.0 Å². The lowest BCUT2D eigenvalue weighted by atomic mass is 9.81. The average molecular weight is 641 g/mol. The summed E-state index contributed by atoms with van der Waals surface area (Å²) >= 11 is 0. The highest BCUT2D eigenvalue weighted by Crippen LogP contribution is 2.40. The van der Waals surface area contributed by atoms with Crippen molar-refractivity contribution in [3.05, 3.63) is 107 Å². The predicted octanol–water partition coefficient (Wildman–Crippen LogP) is 5.40. The van der Waals surface area contributed by atoms with Crippen molar-refractivity contribution in [2.24, 2.45) is 0 Å². The number of rotatable bonds is 7. The largest absolute Gasteiger partial charge is 0.459 e. The molecule has 6 rings (SSSR count). The Labute approximate surface area is 270 Å². The van der Waals surface area contributed by atoms with Crippen molar-refractivity contribution in [1.29, 1.82) is 0 Å². The van der Waals surface area contributed by atoms with E-state index in [-0.39, 0.29) is 12.0 Å². The third kappa shape index (κ3) is 6.25. The van der Waals surface area contributed by atoms with Crippen molar-refractivity contribution in [3.63, 3.8) is 0 Å². The second-order valence-electron chi connectivity index (χ2n) is 12.9. The number of para-hydroxylation sites is 1. The number of nitrogens with zero attached hydrogens (tertiary/aromatic N) is 3. The van der Waals surface area contributed by atoms with Gasteiger partial charge in [-0.1, -0.05) is 62.4 Å². The number of amides is 1. The van der Waals surface area contributed by atoms with Gasteiger partial charge in [0.05, 0.1) is 22.3 Å². The van der Waals surface area contributed by atoms with Crippen molar-refractivity contribution in [1.82, 2.24) is 19.1 Å². The summed E-state index contributed by atoms with van der Waals surface area (Å²) < 4.78 is 33.3. The summed E-state index contributed by atoms with van der Waals surface area (Å²) in [6.45, 7) is 10.7. The standard InChI is InChI=1S/C36H40N4O5S/c1-25(2)45-35(42)30-23-39(24-36(3,4)32-29-15-8-9-16-31(29)37-33(30)32)34(41)27-12-10-11-26(21-27)22-38-17-19-40(20-18-38)46(43,44)28-13-6-5-7-14-28/h5-16,21,23,25,37H,17-20,22,24H2,1-4H3. The molecular weight excluding hydrogens is 600 g/mol. The van der Waals surface area contributed by atoms with Crippen LogP contribution in [-0.4, -0.2) is 78.2 Å². The van der Waals surface area contributed by atoms with Crippen molar-refractivity contribution < 1.29 is 22.7 Å². The molecule has 1 aromatic heterocycles. The lowest BCUT2D eigenvalue weighted by Gasteiger charge is -2.34. The van der Waals surface area contributed by atoms with Crippen LogP contribution < -0.4 is 0 Å². The molecule has 1 fully saturated rings. The number of benzene rings is 3. The number of aromatic amines is 1. The number of hydrogen-bond acceptors (Lipinski definition) is 6. The molecule has 0 spiro atoms. The van der Waals surface area contributed by atoms with E-state index in [4.69, 9.17) is 4.74 Å². The Kier molecular flexibility index (Phi) is 8.62. The number of aromatic nitrogens is 1. The summed E-state index contributed by atoms with van der Waals surface area (Å²) in [5.41, 5.74) is 3.88. The Balaban J connectivity index is 1.23. The molecule has 0 bridgehead atoms. The molecule has 0 unspecified atom stereocenters. The fraction of sp³-hybridized carbons (Fsp3) is 0.333. The van der Waals surface area contributed by atoms with Gasteiger partial charge in [0, 0.05) is 67.3 Å². The minimum Gasteiger partial charge on any atom is -0.459 e. The van der Waals surface area contributed by atoms with Crippen LogP contribution in [0.2, 0.25) is 0 Å². The van der Waals surface area contributed by atoms with Crippen LogP contribution >= 0.6 is 0 Å². The fourth-order valence-electron chi connectivity index (χ4n) is 6.48.